The number of carbonyl (C=O) groups is 2. The quantitative estimate of drug-likeness (QED) is 0.528. The summed E-state index contributed by atoms with van der Waals surface area (Å²) >= 11 is 2.65. The van der Waals surface area contributed by atoms with E-state index in [9.17, 15) is 18.0 Å². The Labute approximate surface area is 183 Å². The van der Waals surface area contributed by atoms with Crippen molar-refractivity contribution in [2.24, 2.45) is 0 Å². The van der Waals surface area contributed by atoms with Gasteiger partial charge in [0.25, 0.3) is 15.9 Å². The first-order valence-corrected chi connectivity index (χ1v) is 12.4. The summed E-state index contributed by atoms with van der Waals surface area (Å²) in [4.78, 5) is 31.1. The molecule has 0 radical (unpaired) electrons. The van der Waals surface area contributed by atoms with Crippen molar-refractivity contribution >= 4 is 59.2 Å². The number of amides is 2. The Morgan fingerprint density at radius 2 is 1.77 bits per heavy atom. The molecule has 0 aliphatic heterocycles. The van der Waals surface area contributed by atoms with E-state index in [1.807, 2.05) is 0 Å². The maximum absolute atomic E-state index is 12.6. The molecular formula is C19H22N4O4S3. The lowest BCUT2D eigenvalue weighted by Crippen LogP contribution is -2.30. The van der Waals surface area contributed by atoms with E-state index in [-0.39, 0.29) is 10.8 Å². The smallest absolute Gasteiger partial charge is 0.275 e. The van der Waals surface area contributed by atoms with Crippen molar-refractivity contribution in [3.63, 3.8) is 0 Å². The normalized spacial score (nSPS) is 11.4. The van der Waals surface area contributed by atoms with E-state index < -0.39 is 15.9 Å². The Balaban J connectivity index is 1.72. The van der Waals surface area contributed by atoms with Crippen LogP contribution in [0.3, 0.4) is 0 Å². The lowest BCUT2D eigenvalue weighted by Gasteiger charge is -2.16. The fraction of sp³-hybridized carbons (Fsp3) is 0.316. The topological polar surface area (TPSA) is 108 Å². The molecule has 2 N–H and O–H groups in total. The van der Waals surface area contributed by atoms with Gasteiger partial charge >= 0.3 is 0 Å². The molecule has 2 aromatic heterocycles. The van der Waals surface area contributed by atoms with Crippen LogP contribution in [0.2, 0.25) is 0 Å². The fourth-order valence-electron chi connectivity index (χ4n) is 2.71. The van der Waals surface area contributed by atoms with Crippen LogP contribution < -0.4 is 14.9 Å². The third-order valence-electron chi connectivity index (χ3n) is 4.34. The number of rotatable bonds is 8. The van der Waals surface area contributed by atoms with E-state index in [4.69, 9.17) is 0 Å². The Hall–Kier alpha value is -2.50. The molecule has 1 aromatic carbocycles. The second kappa shape index (κ2) is 9.11. The fourth-order valence-corrected chi connectivity index (χ4v) is 5.97. The number of nitrogens with one attached hydrogen (secondary N) is 2. The van der Waals surface area contributed by atoms with Crippen LogP contribution in [-0.2, 0) is 21.4 Å². The summed E-state index contributed by atoms with van der Waals surface area (Å²) in [6.07, 6.45) is 0. The molecule has 11 heteroatoms. The van der Waals surface area contributed by atoms with Gasteiger partial charge in [-0.2, -0.15) is 0 Å². The van der Waals surface area contributed by atoms with Crippen molar-refractivity contribution in [2.45, 2.75) is 32.2 Å². The minimum absolute atomic E-state index is 0.0252. The van der Waals surface area contributed by atoms with Gasteiger partial charge in [-0.15, -0.1) is 11.3 Å². The van der Waals surface area contributed by atoms with Crippen molar-refractivity contribution < 1.29 is 18.0 Å². The van der Waals surface area contributed by atoms with Crippen LogP contribution >= 0.6 is 22.7 Å². The van der Waals surface area contributed by atoms with Gasteiger partial charge in [0.2, 0.25) is 5.91 Å². The number of nitrogens with zero attached hydrogens (tertiary/aromatic N) is 2. The first-order valence-electron chi connectivity index (χ1n) is 9.29. The van der Waals surface area contributed by atoms with E-state index in [1.54, 1.807) is 18.2 Å². The van der Waals surface area contributed by atoms with Crippen molar-refractivity contribution in [1.29, 1.82) is 0 Å². The predicted molar refractivity (Wildman–Crippen MR) is 120 cm³/mol. The highest BCUT2D eigenvalue weighted by atomic mass is 32.2. The van der Waals surface area contributed by atoms with E-state index in [2.05, 4.69) is 33.8 Å². The van der Waals surface area contributed by atoms with E-state index in [1.165, 1.54) is 41.7 Å². The SMILES string of the molecule is CCN(CC)c1nc2sc(C(=O)NS(=O)(=O)c3ccc(CNC(C)=O)cc3)cc2s1. The zero-order chi connectivity index (χ0) is 21.9. The van der Waals surface area contributed by atoms with Crippen LogP contribution in [0.4, 0.5) is 5.13 Å². The molecule has 0 fully saturated rings. The Morgan fingerprint density at radius 1 is 1.10 bits per heavy atom. The molecule has 0 bridgehead atoms. The molecule has 8 nitrogen and oxygen atoms in total. The number of fused-ring (bicyclic) bond motifs is 1. The summed E-state index contributed by atoms with van der Waals surface area (Å²) in [6.45, 7) is 7.49. The average molecular weight is 467 g/mol. The van der Waals surface area contributed by atoms with Gasteiger partial charge in [0, 0.05) is 26.6 Å². The number of benzene rings is 1. The molecule has 30 heavy (non-hydrogen) atoms. The Kier molecular flexibility index (Phi) is 6.74. The second-order valence-electron chi connectivity index (χ2n) is 6.44. The van der Waals surface area contributed by atoms with Gasteiger partial charge in [0.1, 0.15) is 4.83 Å². The van der Waals surface area contributed by atoms with Crippen molar-refractivity contribution in [2.75, 3.05) is 18.0 Å². The molecule has 0 saturated heterocycles. The summed E-state index contributed by atoms with van der Waals surface area (Å²) in [7, 11) is -4.01. The number of aromatic nitrogens is 1. The lowest BCUT2D eigenvalue weighted by atomic mass is 10.2. The molecule has 0 saturated carbocycles. The summed E-state index contributed by atoms with van der Waals surface area (Å²) in [6, 6.07) is 7.66. The third kappa shape index (κ3) is 4.97. The van der Waals surface area contributed by atoms with Crippen LogP contribution in [-0.4, -0.2) is 38.3 Å². The van der Waals surface area contributed by atoms with Crippen LogP contribution in [0.15, 0.2) is 35.2 Å². The number of thiophene rings is 1. The van der Waals surface area contributed by atoms with E-state index in [0.717, 1.165) is 28.5 Å². The average Bonchev–Trinajstić information content (AvgIpc) is 3.27. The van der Waals surface area contributed by atoms with Crippen LogP contribution in [0, 0.1) is 0 Å². The zero-order valence-corrected chi connectivity index (χ0v) is 19.2. The van der Waals surface area contributed by atoms with Crippen molar-refractivity contribution in [3.8, 4) is 0 Å². The van der Waals surface area contributed by atoms with Gasteiger partial charge in [-0.05, 0) is 37.6 Å². The molecule has 0 unspecified atom stereocenters. The number of thiazole rings is 1. The maximum atomic E-state index is 12.6. The zero-order valence-electron chi connectivity index (χ0n) is 16.8. The third-order valence-corrected chi connectivity index (χ3v) is 7.90. The minimum atomic E-state index is -4.01. The summed E-state index contributed by atoms with van der Waals surface area (Å²) in [5.41, 5.74) is 0.754. The largest absolute Gasteiger partial charge is 0.352 e. The number of carbonyl (C=O) groups excluding carboxylic acids is 2. The highest BCUT2D eigenvalue weighted by Gasteiger charge is 2.22. The highest BCUT2D eigenvalue weighted by Crippen LogP contribution is 2.34. The molecule has 0 aliphatic rings. The number of sulfonamides is 1. The predicted octanol–water partition coefficient (Wildman–Crippen LogP) is 2.96. The summed E-state index contributed by atoms with van der Waals surface area (Å²) in [5.74, 6) is -0.856. The molecule has 0 atom stereocenters. The van der Waals surface area contributed by atoms with Crippen molar-refractivity contribution in [3.05, 3.63) is 40.8 Å². The first kappa shape index (κ1) is 22.2. The van der Waals surface area contributed by atoms with Crippen LogP contribution in [0.1, 0.15) is 36.0 Å². The van der Waals surface area contributed by atoms with Crippen molar-refractivity contribution in [1.82, 2.24) is 15.0 Å². The maximum Gasteiger partial charge on any atom is 0.275 e. The molecule has 0 spiro atoms. The molecule has 2 amide bonds. The highest BCUT2D eigenvalue weighted by molar-refractivity contribution is 7.90. The molecule has 0 aliphatic carbocycles. The van der Waals surface area contributed by atoms with Gasteiger partial charge in [-0.1, -0.05) is 23.5 Å². The molecular weight excluding hydrogens is 444 g/mol. The van der Waals surface area contributed by atoms with Gasteiger partial charge in [0.15, 0.2) is 5.13 Å². The number of hydrogen-bond donors (Lipinski definition) is 2. The van der Waals surface area contributed by atoms with Gasteiger partial charge in [0.05, 0.1) is 14.5 Å². The van der Waals surface area contributed by atoms with Gasteiger partial charge in [-0.25, -0.2) is 18.1 Å². The van der Waals surface area contributed by atoms with Gasteiger partial charge in [-0.3, -0.25) is 9.59 Å². The Morgan fingerprint density at radius 3 is 2.33 bits per heavy atom. The summed E-state index contributed by atoms with van der Waals surface area (Å²) in [5, 5.41) is 3.53. The van der Waals surface area contributed by atoms with E-state index in [0.29, 0.717) is 16.3 Å². The molecule has 2 heterocycles. The standard InChI is InChI=1S/C19H22N4O4S3/c1-4-23(5-2)19-21-18-16(29-19)10-15(28-18)17(25)22-30(26,27)14-8-6-13(7-9-14)11-20-12(3)24/h6-10H,4-5,11H2,1-3H3,(H,20,24)(H,22,25). The van der Waals surface area contributed by atoms with Gasteiger partial charge < -0.3 is 10.2 Å². The lowest BCUT2D eigenvalue weighted by molar-refractivity contribution is -0.119. The molecule has 3 rings (SSSR count). The van der Waals surface area contributed by atoms with Crippen LogP contribution in [0.5, 0.6) is 0 Å². The summed E-state index contributed by atoms with van der Waals surface area (Å²) < 4.78 is 28.1. The molecule has 160 valence electrons. The number of hydrogen-bond acceptors (Lipinski definition) is 8. The molecule has 3 aromatic rings. The first-order chi connectivity index (χ1) is 14.2. The van der Waals surface area contributed by atoms with E-state index >= 15 is 0 Å². The second-order valence-corrected chi connectivity index (χ2v) is 10.2. The van der Waals surface area contributed by atoms with Crippen LogP contribution in [0.25, 0.3) is 9.53 Å². The Bertz CT molecular complexity index is 1130. The number of anilines is 1. The monoisotopic (exact) mass is 466 g/mol. The minimum Gasteiger partial charge on any atom is -0.352 e.